The monoisotopic (exact) mass is 269 g/mol. The Labute approximate surface area is 111 Å². The highest BCUT2D eigenvalue weighted by atomic mass is 32.1. The average Bonchev–Trinajstić information content (AvgIpc) is 2.93. The van der Waals surface area contributed by atoms with E-state index in [1.807, 2.05) is 0 Å². The fraction of sp³-hybridized carbons (Fsp3) is 0.833. The van der Waals surface area contributed by atoms with E-state index in [4.69, 9.17) is 15.2 Å². The van der Waals surface area contributed by atoms with E-state index in [0.29, 0.717) is 5.92 Å². The summed E-state index contributed by atoms with van der Waals surface area (Å²) in [6.45, 7) is 2.41. The molecule has 0 aromatic carbocycles. The summed E-state index contributed by atoms with van der Waals surface area (Å²) in [4.78, 5) is 0. The van der Waals surface area contributed by atoms with Crippen LogP contribution in [0.3, 0.4) is 0 Å². The maximum Gasteiger partial charge on any atom is 0.0912 e. The van der Waals surface area contributed by atoms with Crippen molar-refractivity contribution in [2.45, 2.75) is 37.3 Å². The molecular weight excluding hydrogens is 250 g/mol. The highest BCUT2D eigenvalue weighted by Gasteiger charge is 2.41. The van der Waals surface area contributed by atoms with Crippen LogP contribution in [0.1, 0.15) is 37.4 Å². The first kappa shape index (κ1) is 12.5. The van der Waals surface area contributed by atoms with Gasteiger partial charge in [0.1, 0.15) is 0 Å². The first-order chi connectivity index (χ1) is 8.79. The molecule has 0 saturated carbocycles. The van der Waals surface area contributed by atoms with E-state index in [0.717, 1.165) is 51.2 Å². The summed E-state index contributed by atoms with van der Waals surface area (Å²) in [6.07, 6.45) is 5.81. The Morgan fingerprint density at radius 1 is 1.39 bits per heavy atom. The molecule has 2 unspecified atom stereocenters. The largest absolute Gasteiger partial charge is 0.381 e. The van der Waals surface area contributed by atoms with Crippen molar-refractivity contribution in [2.75, 3.05) is 19.8 Å². The van der Waals surface area contributed by atoms with Gasteiger partial charge in [-0.3, -0.25) is 0 Å². The SMILES string of the molecule is NC(c1cnsn1)C1CCOC2(CCOCC2)C1. The Morgan fingerprint density at radius 2 is 2.22 bits per heavy atom. The van der Waals surface area contributed by atoms with E-state index in [1.54, 1.807) is 6.20 Å². The van der Waals surface area contributed by atoms with Gasteiger partial charge in [0.2, 0.25) is 0 Å². The van der Waals surface area contributed by atoms with Gasteiger partial charge in [0.25, 0.3) is 0 Å². The fourth-order valence-corrected chi connectivity index (χ4v) is 3.49. The molecule has 1 spiro atoms. The molecule has 1 aromatic heterocycles. The first-order valence-electron chi connectivity index (χ1n) is 6.54. The minimum atomic E-state index is -0.00706. The van der Waals surface area contributed by atoms with Gasteiger partial charge in [-0.05, 0) is 31.6 Å². The molecule has 0 aliphatic carbocycles. The average molecular weight is 269 g/mol. The number of aromatic nitrogens is 2. The lowest BCUT2D eigenvalue weighted by molar-refractivity contribution is -0.149. The molecule has 3 heterocycles. The standard InChI is InChI=1S/C12H19N3O2S/c13-11(10-8-14-18-15-10)9-1-4-17-12(7-9)2-5-16-6-3-12/h8-9,11H,1-7,13H2. The predicted molar refractivity (Wildman–Crippen MR) is 68.3 cm³/mol. The van der Waals surface area contributed by atoms with Gasteiger partial charge >= 0.3 is 0 Å². The van der Waals surface area contributed by atoms with Crippen LogP contribution in [0, 0.1) is 5.92 Å². The normalized spacial score (nSPS) is 29.3. The maximum atomic E-state index is 6.32. The fourth-order valence-electron chi connectivity index (χ4n) is 3.02. The zero-order valence-electron chi connectivity index (χ0n) is 10.4. The van der Waals surface area contributed by atoms with Crippen LogP contribution in [0.2, 0.25) is 0 Å². The maximum absolute atomic E-state index is 6.32. The summed E-state index contributed by atoms with van der Waals surface area (Å²) in [6, 6.07) is -0.00706. The lowest BCUT2D eigenvalue weighted by atomic mass is 9.77. The summed E-state index contributed by atoms with van der Waals surface area (Å²) in [7, 11) is 0. The molecule has 2 saturated heterocycles. The molecule has 2 atom stereocenters. The second-order valence-corrected chi connectivity index (χ2v) is 5.81. The third-order valence-electron chi connectivity index (χ3n) is 4.16. The van der Waals surface area contributed by atoms with Gasteiger partial charge in [0.15, 0.2) is 0 Å². The van der Waals surface area contributed by atoms with Crippen LogP contribution in [0.15, 0.2) is 6.20 Å². The van der Waals surface area contributed by atoms with Crippen molar-refractivity contribution < 1.29 is 9.47 Å². The molecular formula is C12H19N3O2S. The van der Waals surface area contributed by atoms with Crippen LogP contribution in [-0.2, 0) is 9.47 Å². The quantitative estimate of drug-likeness (QED) is 0.881. The summed E-state index contributed by atoms with van der Waals surface area (Å²) in [5.74, 6) is 0.445. The van der Waals surface area contributed by atoms with Crippen molar-refractivity contribution in [3.8, 4) is 0 Å². The van der Waals surface area contributed by atoms with Gasteiger partial charge in [0.05, 0.1) is 35.3 Å². The number of nitrogens with two attached hydrogens (primary N) is 1. The third-order valence-corrected chi connectivity index (χ3v) is 4.66. The van der Waals surface area contributed by atoms with Crippen LogP contribution in [-0.4, -0.2) is 34.2 Å². The molecule has 5 nitrogen and oxygen atoms in total. The van der Waals surface area contributed by atoms with Crippen LogP contribution < -0.4 is 5.73 Å². The van der Waals surface area contributed by atoms with Gasteiger partial charge in [-0.25, -0.2) is 0 Å². The Hall–Kier alpha value is -0.560. The summed E-state index contributed by atoms with van der Waals surface area (Å²) < 4.78 is 19.8. The van der Waals surface area contributed by atoms with Crippen LogP contribution in [0.4, 0.5) is 0 Å². The molecule has 6 heteroatoms. The molecule has 0 amide bonds. The molecule has 2 fully saturated rings. The van der Waals surface area contributed by atoms with E-state index in [9.17, 15) is 0 Å². The van der Waals surface area contributed by atoms with E-state index in [2.05, 4.69) is 8.75 Å². The Morgan fingerprint density at radius 3 is 2.94 bits per heavy atom. The highest BCUT2D eigenvalue weighted by molar-refractivity contribution is 6.99. The lowest BCUT2D eigenvalue weighted by Gasteiger charge is -2.44. The highest BCUT2D eigenvalue weighted by Crippen LogP contribution is 2.40. The Balaban J connectivity index is 1.70. The van der Waals surface area contributed by atoms with Gasteiger partial charge in [-0.1, -0.05) is 0 Å². The minimum Gasteiger partial charge on any atom is -0.381 e. The molecule has 18 heavy (non-hydrogen) atoms. The molecule has 100 valence electrons. The second kappa shape index (κ2) is 5.21. The molecule has 1 aromatic rings. The molecule has 2 N–H and O–H groups in total. The number of ether oxygens (including phenoxy) is 2. The van der Waals surface area contributed by atoms with Gasteiger partial charge in [-0.15, -0.1) is 0 Å². The predicted octanol–water partition coefficient (Wildman–Crippen LogP) is 1.51. The van der Waals surface area contributed by atoms with E-state index < -0.39 is 0 Å². The third kappa shape index (κ3) is 2.42. The van der Waals surface area contributed by atoms with Crippen molar-refractivity contribution in [1.29, 1.82) is 0 Å². The Bertz CT molecular complexity index is 373. The number of hydrogen-bond acceptors (Lipinski definition) is 6. The van der Waals surface area contributed by atoms with Crippen molar-refractivity contribution in [1.82, 2.24) is 8.75 Å². The van der Waals surface area contributed by atoms with E-state index in [1.165, 1.54) is 11.7 Å². The van der Waals surface area contributed by atoms with Crippen LogP contribution >= 0.6 is 11.7 Å². The molecule has 0 bridgehead atoms. The topological polar surface area (TPSA) is 70.3 Å². The zero-order valence-corrected chi connectivity index (χ0v) is 11.2. The van der Waals surface area contributed by atoms with E-state index >= 15 is 0 Å². The van der Waals surface area contributed by atoms with Crippen molar-refractivity contribution >= 4 is 11.7 Å². The molecule has 3 rings (SSSR count). The van der Waals surface area contributed by atoms with Gasteiger partial charge in [0, 0.05) is 19.8 Å². The molecule has 2 aliphatic heterocycles. The Kier molecular flexibility index (Phi) is 3.61. The van der Waals surface area contributed by atoms with Crippen LogP contribution in [0.25, 0.3) is 0 Å². The summed E-state index contributed by atoms with van der Waals surface area (Å²) >= 11 is 1.23. The van der Waals surface area contributed by atoms with Gasteiger partial charge in [-0.2, -0.15) is 8.75 Å². The second-order valence-electron chi connectivity index (χ2n) is 5.25. The summed E-state index contributed by atoms with van der Waals surface area (Å²) in [5, 5.41) is 0. The number of rotatable bonds is 2. The number of nitrogens with zero attached hydrogens (tertiary/aromatic N) is 2. The van der Waals surface area contributed by atoms with Crippen molar-refractivity contribution in [2.24, 2.45) is 11.7 Å². The molecule has 2 aliphatic rings. The number of hydrogen-bond donors (Lipinski definition) is 1. The van der Waals surface area contributed by atoms with Crippen molar-refractivity contribution in [3.63, 3.8) is 0 Å². The first-order valence-corrected chi connectivity index (χ1v) is 7.27. The summed E-state index contributed by atoms with van der Waals surface area (Å²) in [5.41, 5.74) is 7.25. The zero-order chi connectivity index (χ0) is 12.4. The molecule has 0 radical (unpaired) electrons. The lowest BCUT2D eigenvalue weighted by Crippen LogP contribution is -2.46. The minimum absolute atomic E-state index is 0.00222. The van der Waals surface area contributed by atoms with Crippen molar-refractivity contribution in [3.05, 3.63) is 11.9 Å². The van der Waals surface area contributed by atoms with E-state index in [-0.39, 0.29) is 11.6 Å². The smallest absolute Gasteiger partial charge is 0.0912 e. The van der Waals surface area contributed by atoms with Crippen LogP contribution in [0.5, 0.6) is 0 Å². The van der Waals surface area contributed by atoms with Gasteiger partial charge < -0.3 is 15.2 Å².